The van der Waals surface area contributed by atoms with E-state index in [9.17, 15) is 9.59 Å². The van der Waals surface area contributed by atoms with Crippen LogP contribution in [0, 0.1) is 0 Å². The van der Waals surface area contributed by atoms with Crippen LogP contribution < -0.4 is 15.5 Å². The molecule has 28 heavy (non-hydrogen) atoms. The summed E-state index contributed by atoms with van der Waals surface area (Å²) >= 11 is 1.54. The number of rotatable bonds is 4. The molecule has 2 aliphatic rings. The Labute approximate surface area is 168 Å². The highest BCUT2D eigenvalue weighted by atomic mass is 32.1. The Morgan fingerprint density at radius 2 is 1.86 bits per heavy atom. The molecule has 1 atom stereocenters. The lowest BCUT2D eigenvalue weighted by molar-refractivity contribution is -0.117. The summed E-state index contributed by atoms with van der Waals surface area (Å²) in [5.74, 6) is -0.233. The molecule has 0 bridgehead atoms. The van der Waals surface area contributed by atoms with Crippen molar-refractivity contribution in [2.45, 2.75) is 32.2 Å². The average Bonchev–Trinajstić information content (AvgIpc) is 3.30. The van der Waals surface area contributed by atoms with Gasteiger partial charge in [0.1, 0.15) is 6.04 Å². The molecule has 7 nitrogen and oxygen atoms in total. The molecule has 1 saturated heterocycles. The largest absolute Gasteiger partial charge is 0.368 e. The number of hydrogen-bond donors (Lipinski definition) is 2. The summed E-state index contributed by atoms with van der Waals surface area (Å²) in [6, 6.07) is 9.39. The number of nitrogens with one attached hydrogen (secondary N) is 2. The molecule has 1 aliphatic heterocycles. The van der Waals surface area contributed by atoms with Crippen molar-refractivity contribution in [2.75, 3.05) is 36.4 Å². The molecular formula is C20H25N5O2S. The number of fused-ring (bicyclic) bond motifs is 1. The summed E-state index contributed by atoms with van der Waals surface area (Å²) in [6.45, 7) is 4.53. The van der Waals surface area contributed by atoms with Crippen LogP contribution in [0.4, 0.5) is 15.6 Å². The second-order valence-corrected chi connectivity index (χ2v) is 8.30. The maximum atomic E-state index is 12.5. The number of hydrogen-bond acceptors (Lipinski definition) is 5. The first-order valence-corrected chi connectivity index (χ1v) is 10.6. The van der Waals surface area contributed by atoms with Gasteiger partial charge in [0.25, 0.3) is 0 Å². The second kappa shape index (κ2) is 8.18. The van der Waals surface area contributed by atoms with E-state index in [0.29, 0.717) is 18.2 Å². The summed E-state index contributed by atoms with van der Waals surface area (Å²) in [7, 11) is 0. The van der Waals surface area contributed by atoms with Crippen molar-refractivity contribution in [3.63, 3.8) is 0 Å². The lowest BCUT2D eigenvalue weighted by Gasteiger charge is -2.36. The van der Waals surface area contributed by atoms with E-state index in [0.717, 1.165) is 38.0 Å². The zero-order chi connectivity index (χ0) is 19.5. The first kappa shape index (κ1) is 18.7. The van der Waals surface area contributed by atoms with E-state index in [1.807, 2.05) is 18.2 Å². The molecule has 2 heterocycles. The zero-order valence-corrected chi connectivity index (χ0v) is 16.8. The Hall–Kier alpha value is -2.61. The van der Waals surface area contributed by atoms with Crippen molar-refractivity contribution < 1.29 is 9.59 Å². The minimum atomic E-state index is -0.613. The quantitative estimate of drug-likeness (QED) is 0.828. The highest BCUT2D eigenvalue weighted by molar-refractivity contribution is 7.15. The van der Waals surface area contributed by atoms with Gasteiger partial charge in [-0.1, -0.05) is 18.2 Å². The summed E-state index contributed by atoms with van der Waals surface area (Å²) in [4.78, 5) is 34.7. The molecule has 8 heteroatoms. The number of carbonyl (C=O) groups excluding carboxylic acids is 2. The number of aromatic nitrogens is 1. The molecule has 2 N–H and O–H groups in total. The van der Waals surface area contributed by atoms with Crippen molar-refractivity contribution in [1.29, 1.82) is 0 Å². The van der Waals surface area contributed by atoms with Crippen molar-refractivity contribution in [3.8, 4) is 0 Å². The van der Waals surface area contributed by atoms with Crippen LogP contribution in [0.2, 0.25) is 0 Å². The van der Waals surface area contributed by atoms with Gasteiger partial charge in [0.15, 0.2) is 5.13 Å². The van der Waals surface area contributed by atoms with E-state index in [2.05, 4.69) is 32.7 Å². The fraction of sp³-hybridized carbons (Fsp3) is 0.450. The van der Waals surface area contributed by atoms with Gasteiger partial charge in [-0.2, -0.15) is 0 Å². The topological polar surface area (TPSA) is 77.6 Å². The van der Waals surface area contributed by atoms with Crippen molar-refractivity contribution in [2.24, 2.45) is 0 Å². The van der Waals surface area contributed by atoms with Crippen LogP contribution in [0.5, 0.6) is 0 Å². The van der Waals surface area contributed by atoms with Gasteiger partial charge in [-0.3, -0.25) is 4.79 Å². The number of nitrogens with zero attached hydrogens (tertiary/aromatic N) is 3. The second-order valence-electron chi connectivity index (χ2n) is 7.21. The van der Waals surface area contributed by atoms with Crippen LogP contribution in [0.3, 0.4) is 0 Å². The minimum Gasteiger partial charge on any atom is -0.368 e. The van der Waals surface area contributed by atoms with Gasteiger partial charge in [-0.25, -0.2) is 9.78 Å². The van der Waals surface area contributed by atoms with Gasteiger partial charge in [0.2, 0.25) is 5.91 Å². The lowest BCUT2D eigenvalue weighted by atomic mass is 10.2. The fourth-order valence-corrected chi connectivity index (χ4v) is 4.66. The van der Waals surface area contributed by atoms with Crippen LogP contribution >= 0.6 is 11.3 Å². The van der Waals surface area contributed by atoms with Crippen LogP contribution in [-0.4, -0.2) is 54.0 Å². The number of piperazine rings is 1. The molecule has 0 unspecified atom stereocenters. The number of thiazole rings is 1. The molecule has 3 amide bonds. The standard InChI is InChI=1S/C20H25N5O2S/c1-14(18(26)23-19-22-16-8-5-9-17(16)28-19)21-20(27)25-12-10-24(11-13-25)15-6-3-2-4-7-15/h2-4,6-7,14H,5,8-13H2,1H3,(H,21,27)(H,22,23,26)/t14-/m1/s1. The normalized spacial score (nSPS) is 17.2. The van der Waals surface area contributed by atoms with Crippen molar-refractivity contribution >= 4 is 34.1 Å². The van der Waals surface area contributed by atoms with E-state index < -0.39 is 6.04 Å². The average molecular weight is 400 g/mol. The van der Waals surface area contributed by atoms with Gasteiger partial charge in [0.05, 0.1) is 5.69 Å². The van der Waals surface area contributed by atoms with E-state index >= 15 is 0 Å². The number of benzene rings is 1. The Morgan fingerprint density at radius 1 is 1.11 bits per heavy atom. The molecule has 1 aliphatic carbocycles. The molecular weight excluding hydrogens is 374 g/mol. The Bertz CT molecular complexity index is 824. The van der Waals surface area contributed by atoms with Crippen molar-refractivity contribution in [3.05, 3.63) is 40.9 Å². The summed E-state index contributed by atoms with van der Waals surface area (Å²) in [5, 5.41) is 6.27. The monoisotopic (exact) mass is 399 g/mol. The maximum absolute atomic E-state index is 12.5. The highest BCUT2D eigenvalue weighted by Gasteiger charge is 2.25. The first-order valence-electron chi connectivity index (χ1n) is 9.75. The van der Waals surface area contributed by atoms with Crippen LogP contribution in [0.1, 0.15) is 23.9 Å². The molecule has 1 aromatic heterocycles. The molecule has 0 radical (unpaired) electrons. The van der Waals surface area contributed by atoms with Crippen molar-refractivity contribution in [1.82, 2.24) is 15.2 Å². The van der Waals surface area contributed by atoms with Gasteiger partial charge in [0, 0.05) is 36.7 Å². The highest BCUT2D eigenvalue weighted by Crippen LogP contribution is 2.30. The predicted molar refractivity (Wildman–Crippen MR) is 111 cm³/mol. The summed E-state index contributed by atoms with van der Waals surface area (Å²) < 4.78 is 0. The lowest BCUT2D eigenvalue weighted by Crippen LogP contribution is -2.54. The van der Waals surface area contributed by atoms with Gasteiger partial charge >= 0.3 is 6.03 Å². The SMILES string of the molecule is C[C@@H](NC(=O)N1CCN(c2ccccc2)CC1)C(=O)Nc1nc2c(s1)CCC2. The summed E-state index contributed by atoms with van der Waals surface area (Å²) in [6.07, 6.45) is 3.18. The maximum Gasteiger partial charge on any atom is 0.318 e. The number of urea groups is 1. The number of anilines is 2. The molecule has 4 rings (SSSR count). The first-order chi connectivity index (χ1) is 13.6. The van der Waals surface area contributed by atoms with Gasteiger partial charge in [-0.15, -0.1) is 11.3 Å². The van der Waals surface area contributed by atoms with E-state index in [1.54, 1.807) is 23.2 Å². The molecule has 2 aromatic rings. The number of amides is 3. The zero-order valence-electron chi connectivity index (χ0n) is 16.0. The Morgan fingerprint density at radius 3 is 2.57 bits per heavy atom. The number of aryl methyl sites for hydroxylation is 2. The van der Waals surface area contributed by atoms with Gasteiger partial charge in [-0.05, 0) is 38.3 Å². The molecule has 0 spiro atoms. The molecule has 148 valence electrons. The van der Waals surface area contributed by atoms with Crippen LogP contribution in [0.25, 0.3) is 0 Å². The van der Waals surface area contributed by atoms with Crippen LogP contribution in [0.15, 0.2) is 30.3 Å². The number of carbonyl (C=O) groups is 2. The Balaban J connectivity index is 1.25. The molecule has 1 fully saturated rings. The van der Waals surface area contributed by atoms with Crippen LogP contribution in [-0.2, 0) is 17.6 Å². The fourth-order valence-electron chi connectivity index (χ4n) is 3.61. The van der Waals surface area contributed by atoms with E-state index in [1.165, 1.54) is 10.6 Å². The molecule has 0 saturated carbocycles. The van der Waals surface area contributed by atoms with E-state index in [-0.39, 0.29) is 11.9 Å². The molecule has 1 aromatic carbocycles. The smallest absolute Gasteiger partial charge is 0.318 e. The third-order valence-corrected chi connectivity index (χ3v) is 6.32. The third kappa shape index (κ3) is 4.11. The minimum absolute atomic E-state index is 0.197. The Kier molecular flexibility index (Phi) is 5.47. The third-order valence-electron chi connectivity index (χ3n) is 5.25. The summed E-state index contributed by atoms with van der Waals surface area (Å²) in [5.41, 5.74) is 2.28. The predicted octanol–water partition coefficient (Wildman–Crippen LogP) is 2.49. The van der Waals surface area contributed by atoms with Gasteiger partial charge < -0.3 is 20.4 Å². The van der Waals surface area contributed by atoms with E-state index in [4.69, 9.17) is 0 Å². The number of para-hydroxylation sites is 1.